The third-order valence-electron chi connectivity index (χ3n) is 4.13. The van der Waals surface area contributed by atoms with Gasteiger partial charge in [0, 0.05) is 16.1 Å². The molecule has 0 saturated heterocycles. The molecule has 0 saturated carbocycles. The van der Waals surface area contributed by atoms with E-state index in [1.165, 1.54) is 21.2 Å². The summed E-state index contributed by atoms with van der Waals surface area (Å²) in [5.74, 6) is 0.389. The molecule has 0 bridgehead atoms. The highest BCUT2D eigenvalue weighted by atomic mass is 32.2. The Morgan fingerprint density at radius 3 is 2.62 bits per heavy atom. The quantitative estimate of drug-likeness (QED) is 0.312. The number of hydrogen-bond acceptors (Lipinski definition) is 2. The summed E-state index contributed by atoms with van der Waals surface area (Å²) in [5, 5.41) is 5.63. The maximum Gasteiger partial charge on any atom is 0.198 e. The molecule has 3 aromatic rings. The van der Waals surface area contributed by atoms with Gasteiger partial charge in [-0.1, -0.05) is 36.4 Å². The van der Waals surface area contributed by atoms with Crippen LogP contribution in [0.2, 0.25) is 0 Å². The lowest BCUT2D eigenvalue weighted by atomic mass is 10.0. The van der Waals surface area contributed by atoms with Crippen LogP contribution in [0.1, 0.15) is 11.1 Å². The van der Waals surface area contributed by atoms with Crippen LogP contribution in [0.15, 0.2) is 64.5 Å². The van der Waals surface area contributed by atoms with E-state index in [0.717, 1.165) is 16.9 Å². The zero-order valence-corrected chi connectivity index (χ0v) is 14.1. The topological polar surface area (TPSA) is 50.4 Å². The number of aliphatic imine (C=N–C) groups is 1. The van der Waals surface area contributed by atoms with Gasteiger partial charge in [-0.15, -0.1) is 11.8 Å². The van der Waals surface area contributed by atoms with Crippen LogP contribution in [0.3, 0.4) is 0 Å². The van der Waals surface area contributed by atoms with Crippen LogP contribution in [0.4, 0.5) is 11.4 Å². The van der Waals surface area contributed by atoms with Gasteiger partial charge in [0.15, 0.2) is 5.96 Å². The second-order valence-corrected chi connectivity index (χ2v) is 6.51. The zero-order valence-electron chi connectivity index (χ0n) is 13.3. The van der Waals surface area contributed by atoms with E-state index in [4.69, 9.17) is 5.73 Å². The van der Waals surface area contributed by atoms with E-state index in [1.54, 1.807) is 11.8 Å². The molecule has 0 heterocycles. The molecule has 0 aliphatic heterocycles. The first-order chi connectivity index (χ1) is 11.7. The summed E-state index contributed by atoms with van der Waals surface area (Å²) in [6, 6.07) is 18.6. The molecule has 118 valence electrons. The second-order valence-electron chi connectivity index (χ2n) is 5.63. The Labute approximate surface area is 145 Å². The lowest BCUT2D eigenvalue weighted by Gasteiger charge is -2.08. The van der Waals surface area contributed by atoms with Crippen molar-refractivity contribution in [3.05, 3.63) is 65.7 Å². The number of nitrogens with zero attached hydrogens (tertiary/aromatic N) is 1. The highest BCUT2D eigenvalue weighted by Gasteiger charge is 2.12. The van der Waals surface area contributed by atoms with Gasteiger partial charge in [0.25, 0.3) is 0 Å². The number of benzene rings is 3. The predicted molar refractivity (Wildman–Crippen MR) is 106 cm³/mol. The average molecular weight is 331 g/mol. The van der Waals surface area contributed by atoms with Gasteiger partial charge in [0.05, 0.1) is 5.69 Å². The van der Waals surface area contributed by atoms with Crippen molar-refractivity contribution in [3.63, 3.8) is 0 Å². The van der Waals surface area contributed by atoms with Crippen LogP contribution in [-0.2, 0) is 0 Å². The van der Waals surface area contributed by atoms with Gasteiger partial charge in [-0.25, -0.2) is 4.99 Å². The zero-order chi connectivity index (χ0) is 16.5. The monoisotopic (exact) mass is 331 g/mol. The highest BCUT2D eigenvalue weighted by Crippen LogP contribution is 2.37. The van der Waals surface area contributed by atoms with Crippen molar-refractivity contribution in [1.29, 1.82) is 0 Å². The summed E-state index contributed by atoms with van der Waals surface area (Å²) >= 11 is 1.71. The molecule has 0 aromatic heterocycles. The fourth-order valence-corrected chi connectivity index (χ4v) is 3.39. The van der Waals surface area contributed by atoms with Gasteiger partial charge in [-0.05, 0) is 52.9 Å². The van der Waals surface area contributed by atoms with E-state index in [2.05, 4.69) is 65.1 Å². The van der Waals surface area contributed by atoms with E-state index < -0.39 is 0 Å². The molecule has 0 unspecified atom stereocenters. The molecule has 3 N–H and O–H groups in total. The number of nitrogens with one attached hydrogen (secondary N) is 1. The fraction of sp³-hybridized carbons (Fsp3) is 0.0500. The summed E-state index contributed by atoms with van der Waals surface area (Å²) in [7, 11) is 0. The molecule has 3 aromatic carbocycles. The summed E-state index contributed by atoms with van der Waals surface area (Å²) in [6.45, 7) is 0. The average Bonchev–Trinajstić information content (AvgIpc) is 3.04. The van der Waals surface area contributed by atoms with E-state index in [1.807, 2.05) is 18.2 Å². The standard InChI is InChI=1S/C20H17N3S/c1-24-16-9-7-15(8-10-16)22-20(21)23-18-12-6-14-4-2-3-13-5-11-17(18)19(13)14/h2-12H,1H3,(H3,21,22,23). The number of hydrogen-bond donors (Lipinski definition) is 2. The number of anilines is 1. The number of nitrogens with two attached hydrogens (primary N) is 1. The number of thioether (sulfide) groups is 1. The fourth-order valence-electron chi connectivity index (χ4n) is 2.98. The van der Waals surface area contributed by atoms with Crippen LogP contribution in [0.5, 0.6) is 0 Å². The minimum atomic E-state index is 0.389. The van der Waals surface area contributed by atoms with E-state index in [9.17, 15) is 0 Å². The minimum absolute atomic E-state index is 0.389. The second kappa shape index (κ2) is 6.06. The molecule has 0 spiro atoms. The maximum absolute atomic E-state index is 6.10. The van der Waals surface area contributed by atoms with Gasteiger partial charge in [-0.3, -0.25) is 0 Å². The van der Waals surface area contributed by atoms with Crippen molar-refractivity contribution in [2.45, 2.75) is 4.90 Å². The molecule has 1 aliphatic carbocycles. The third kappa shape index (κ3) is 2.65. The van der Waals surface area contributed by atoms with Crippen molar-refractivity contribution in [3.8, 4) is 0 Å². The summed E-state index contributed by atoms with van der Waals surface area (Å²) < 4.78 is 0. The first-order valence-electron chi connectivity index (χ1n) is 7.74. The Morgan fingerprint density at radius 2 is 1.83 bits per heavy atom. The molecule has 1 aliphatic rings. The molecule has 0 radical (unpaired) electrons. The SMILES string of the molecule is CSc1ccc(NC(N)=Nc2ccc3cccc4c3c2C=C4)cc1. The molecule has 3 nitrogen and oxygen atoms in total. The maximum atomic E-state index is 6.10. The minimum Gasteiger partial charge on any atom is -0.369 e. The lowest BCUT2D eigenvalue weighted by Crippen LogP contribution is -2.21. The normalized spacial score (nSPS) is 12.8. The molecule has 24 heavy (non-hydrogen) atoms. The smallest absolute Gasteiger partial charge is 0.198 e. The van der Waals surface area contributed by atoms with Crippen LogP contribution in [0, 0.1) is 0 Å². The van der Waals surface area contributed by atoms with Crippen LogP contribution in [0.25, 0.3) is 22.9 Å². The van der Waals surface area contributed by atoms with Crippen molar-refractivity contribution in [1.82, 2.24) is 0 Å². The predicted octanol–water partition coefficient (Wildman–Crippen LogP) is 5.10. The third-order valence-corrected chi connectivity index (χ3v) is 4.87. The van der Waals surface area contributed by atoms with Gasteiger partial charge in [0.2, 0.25) is 0 Å². The van der Waals surface area contributed by atoms with Crippen molar-refractivity contribution in [2.75, 3.05) is 11.6 Å². The van der Waals surface area contributed by atoms with Crippen LogP contribution >= 0.6 is 11.8 Å². The van der Waals surface area contributed by atoms with Crippen LogP contribution in [-0.4, -0.2) is 12.2 Å². The Hall–Kier alpha value is -2.72. The molecular formula is C20H17N3S. The van der Waals surface area contributed by atoms with Crippen LogP contribution < -0.4 is 11.1 Å². The molecule has 0 atom stereocenters. The number of guanidine groups is 1. The van der Waals surface area contributed by atoms with Gasteiger partial charge >= 0.3 is 0 Å². The summed E-state index contributed by atoms with van der Waals surface area (Å²) in [5.41, 5.74) is 10.3. The van der Waals surface area contributed by atoms with E-state index in [0.29, 0.717) is 5.96 Å². The summed E-state index contributed by atoms with van der Waals surface area (Å²) in [4.78, 5) is 5.80. The van der Waals surface area contributed by atoms with Crippen molar-refractivity contribution >= 4 is 52.0 Å². The Balaban J connectivity index is 1.66. The van der Waals surface area contributed by atoms with Crippen molar-refractivity contribution in [2.24, 2.45) is 10.7 Å². The highest BCUT2D eigenvalue weighted by molar-refractivity contribution is 7.98. The first kappa shape index (κ1) is 14.8. The van der Waals surface area contributed by atoms with Gasteiger partial charge in [0.1, 0.15) is 0 Å². The molecule has 0 amide bonds. The number of rotatable bonds is 3. The van der Waals surface area contributed by atoms with E-state index in [-0.39, 0.29) is 0 Å². The molecule has 4 heteroatoms. The summed E-state index contributed by atoms with van der Waals surface area (Å²) in [6.07, 6.45) is 6.29. The Morgan fingerprint density at radius 1 is 1.00 bits per heavy atom. The van der Waals surface area contributed by atoms with Gasteiger partial charge in [-0.2, -0.15) is 0 Å². The van der Waals surface area contributed by atoms with Gasteiger partial charge < -0.3 is 11.1 Å². The molecule has 4 rings (SSSR count). The lowest BCUT2D eigenvalue weighted by molar-refractivity contribution is 1.42. The Bertz CT molecular complexity index is 972. The largest absolute Gasteiger partial charge is 0.369 e. The van der Waals surface area contributed by atoms with Crippen molar-refractivity contribution < 1.29 is 0 Å². The van der Waals surface area contributed by atoms with E-state index >= 15 is 0 Å². The molecular weight excluding hydrogens is 314 g/mol. The first-order valence-corrected chi connectivity index (χ1v) is 8.96. The Kier molecular flexibility index (Phi) is 3.75. The molecule has 0 fully saturated rings.